The summed E-state index contributed by atoms with van der Waals surface area (Å²) in [7, 11) is 0. The first-order valence-corrected chi connectivity index (χ1v) is 6.49. The van der Waals surface area contributed by atoms with E-state index in [0.29, 0.717) is 11.8 Å². The van der Waals surface area contributed by atoms with Gasteiger partial charge in [-0.25, -0.2) is 0 Å². The Bertz CT molecular complexity index is 438. The van der Waals surface area contributed by atoms with Gasteiger partial charge in [-0.1, -0.05) is 6.07 Å². The van der Waals surface area contributed by atoms with Gasteiger partial charge in [0.05, 0.1) is 11.2 Å². The van der Waals surface area contributed by atoms with Crippen LogP contribution in [0.25, 0.3) is 0 Å². The van der Waals surface area contributed by atoms with Gasteiger partial charge in [0.2, 0.25) is 0 Å². The minimum atomic E-state index is 0.287. The van der Waals surface area contributed by atoms with Gasteiger partial charge in [0.1, 0.15) is 11.4 Å². The molecule has 0 unspecified atom stereocenters. The number of phenols is 1. The van der Waals surface area contributed by atoms with Crippen molar-refractivity contribution in [3.63, 3.8) is 0 Å². The molecule has 0 radical (unpaired) electrons. The number of rotatable bonds is 1. The van der Waals surface area contributed by atoms with Gasteiger partial charge in [-0.2, -0.15) is 0 Å². The second-order valence-electron chi connectivity index (χ2n) is 5.57. The van der Waals surface area contributed by atoms with Crippen molar-refractivity contribution in [2.75, 3.05) is 16.8 Å². The summed E-state index contributed by atoms with van der Waals surface area (Å²) in [6.45, 7) is 5.42. The first-order chi connectivity index (χ1) is 8.14. The first kappa shape index (κ1) is 10.8. The zero-order chi connectivity index (χ0) is 12.0. The highest BCUT2D eigenvalue weighted by molar-refractivity contribution is 5.79. The van der Waals surface area contributed by atoms with E-state index >= 15 is 0 Å². The summed E-state index contributed by atoms with van der Waals surface area (Å²) >= 11 is 0. The van der Waals surface area contributed by atoms with Crippen LogP contribution in [0.2, 0.25) is 0 Å². The lowest BCUT2D eigenvalue weighted by molar-refractivity contribution is 0.226. The summed E-state index contributed by atoms with van der Waals surface area (Å²) in [6.07, 6.45) is 3.83. The van der Waals surface area contributed by atoms with Gasteiger partial charge in [0.15, 0.2) is 0 Å². The molecule has 0 amide bonds. The van der Waals surface area contributed by atoms with Crippen molar-refractivity contribution in [3.8, 4) is 5.75 Å². The lowest BCUT2D eigenvalue weighted by Crippen LogP contribution is -2.62. The van der Waals surface area contributed by atoms with Crippen molar-refractivity contribution in [2.24, 2.45) is 0 Å². The number of hydrogen-bond acceptors (Lipinski definition) is 3. The van der Waals surface area contributed by atoms with Crippen LogP contribution in [0.3, 0.4) is 0 Å². The number of fused-ring (bicyclic) bond motifs is 1. The zero-order valence-electron chi connectivity index (χ0n) is 10.5. The number of nitrogens with one attached hydrogen (secondary N) is 1. The fourth-order valence-corrected chi connectivity index (χ4v) is 3.33. The van der Waals surface area contributed by atoms with E-state index in [1.54, 1.807) is 6.07 Å². The van der Waals surface area contributed by atoms with E-state index in [4.69, 9.17) is 0 Å². The Hall–Kier alpha value is -1.38. The number of hydrogen-bond donors (Lipinski definition) is 2. The van der Waals surface area contributed by atoms with Crippen LogP contribution in [0.1, 0.15) is 33.1 Å². The molecule has 0 aromatic heterocycles. The van der Waals surface area contributed by atoms with Crippen LogP contribution in [-0.2, 0) is 0 Å². The molecule has 17 heavy (non-hydrogen) atoms. The number of benzene rings is 1. The molecule has 0 bridgehead atoms. The topological polar surface area (TPSA) is 35.5 Å². The summed E-state index contributed by atoms with van der Waals surface area (Å²) in [5.74, 6) is 0.363. The lowest BCUT2D eigenvalue weighted by atomic mass is 9.73. The molecule has 92 valence electrons. The Balaban J connectivity index is 2.10. The molecule has 3 rings (SSSR count). The highest BCUT2D eigenvalue weighted by Gasteiger charge is 2.46. The highest BCUT2D eigenvalue weighted by Crippen LogP contribution is 2.49. The van der Waals surface area contributed by atoms with Crippen LogP contribution in [0.4, 0.5) is 11.4 Å². The molecule has 1 heterocycles. The predicted molar refractivity (Wildman–Crippen MR) is 70.8 cm³/mol. The molecule has 1 fully saturated rings. The zero-order valence-corrected chi connectivity index (χ0v) is 10.5. The van der Waals surface area contributed by atoms with E-state index < -0.39 is 0 Å². The van der Waals surface area contributed by atoms with Crippen LogP contribution in [0.5, 0.6) is 5.75 Å². The molecular formula is C14H20N2O. The molecule has 1 aliphatic heterocycles. The lowest BCUT2D eigenvalue weighted by Gasteiger charge is -2.56. The van der Waals surface area contributed by atoms with Crippen molar-refractivity contribution < 1.29 is 5.11 Å². The minimum Gasteiger partial charge on any atom is -0.506 e. The Morgan fingerprint density at radius 1 is 1.35 bits per heavy atom. The van der Waals surface area contributed by atoms with Crippen LogP contribution in [0.15, 0.2) is 18.2 Å². The number of anilines is 2. The van der Waals surface area contributed by atoms with E-state index in [0.717, 1.165) is 17.9 Å². The van der Waals surface area contributed by atoms with Crippen molar-refractivity contribution in [1.82, 2.24) is 0 Å². The van der Waals surface area contributed by atoms with Gasteiger partial charge < -0.3 is 15.3 Å². The maximum absolute atomic E-state index is 9.93. The molecule has 0 atom stereocenters. The van der Waals surface area contributed by atoms with Crippen molar-refractivity contribution >= 4 is 11.4 Å². The van der Waals surface area contributed by atoms with Gasteiger partial charge in [-0.05, 0) is 45.2 Å². The molecule has 2 N–H and O–H groups in total. The third kappa shape index (κ3) is 1.41. The molecule has 1 aromatic rings. The monoisotopic (exact) mass is 232 g/mol. The van der Waals surface area contributed by atoms with E-state index in [2.05, 4.69) is 30.1 Å². The van der Waals surface area contributed by atoms with Gasteiger partial charge in [-0.15, -0.1) is 0 Å². The third-order valence-corrected chi connectivity index (χ3v) is 4.19. The normalized spacial score (nSPS) is 21.0. The molecule has 1 spiro atoms. The smallest absolute Gasteiger partial charge is 0.140 e. The fraction of sp³-hybridized carbons (Fsp3) is 0.571. The molecule has 0 saturated heterocycles. The summed E-state index contributed by atoms with van der Waals surface area (Å²) in [6, 6.07) is 6.27. The average Bonchev–Trinajstić information content (AvgIpc) is 2.25. The van der Waals surface area contributed by atoms with E-state index in [-0.39, 0.29) is 5.54 Å². The fourth-order valence-electron chi connectivity index (χ4n) is 3.33. The van der Waals surface area contributed by atoms with Crippen LogP contribution in [-0.4, -0.2) is 23.2 Å². The largest absolute Gasteiger partial charge is 0.506 e. The molecular weight excluding hydrogens is 212 g/mol. The maximum Gasteiger partial charge on any atom is 0.140 e. The predicted octanol–water partition coefficient (Wildman–Crippen LogP) is 2.96. The van der Waals surface area contributed by atoms with Gasteiger partial charge in [-0.3, -0.25) is 0 Å². The maximum atomic E-state index is 9.93. The van der Waals surface area contributed by atoms with Crippen LogP contribution >= 0.6 is 0 Å². The first-order valence-electron chi connectivity index (χ1n) is 6.49. The molecule has 2 aliphatic rings. The molecule has 3 nitrogen and oxygen atoms in total. The Labute approximate surface area is 102 Å². The molecule has 1 saturated carbocycles. The Morgan fingerprint density at radius 3 is 2.71 bits per heavy atom. The van der Waals surface area contributed by atoms with Gasteiger partial charge in [0, 0.05) is 12.6 Å². The molecule has 1 aliphatic carbocycles. The minimum absolute atomic E-state index is 0.287. The van der Waals surface area contributed by atoms with Crippen LogP contribution < -0.4 is 10.2 Å². The van der Waals surface area contributed by atoms with Crippen molar-refractivity contribution in [1.29, 1.82) is 0 Å². The second-order valence-corrected chi connectivity index (χ2v) is 5.57. The number of phenolic OH excluding ortho intramolecular Hbond substituents is 1. The number of para-hydroxylation sites is 1. The standard InChI is InChI=1S/C14H20N2O/c1-10(2)16-11-5-3-6-12(17)13(11)15-9-14(16)7-4-8-14/h3,5-6,10,15,17H,4,7-9H2,1-2H3. The average molecular weight is 232 g/mol. The number of aromatic hydroxyl groups is 1. The van der Waals surface area contributed by atoms with E-state index in [1.165, 1.54) is 19.3 Å². The third-order valence-electron chi connectivity index (χ3n) is 4.19. The van der Waals surface area contributed by atoms with E-state index in [9.17, 15) is 5.11 Å². The number of nitrogens with zero attached hydrogens (tertiary/aromatic N) is 1. The van der Waals surface area contributed by atoms with Crippen LogP contribution in [0, 0.1) is 0 Å². The van der Waals surface area contributed by atoms with Crippen molar-refractivity contribution in [3.05, 3.63) is 18.2 Å². The van der Waals surface area contributed by atoms with Crippen molar-refractivity contribution in [2.45, 2.75) is 44.7 Å². The van der Waals surface area contributed by atoms with E-state index in [1.807, 2.05) is 6.07 Å². The Morgan fingerprint density at radius 2 is 2.12 bits per heavy atom. The Kier molecular flexibility index (Phi) is 2.25. The SMILES string of the molecule is CC(C)N1c2cccc(O)c2NCC12CCC2. The summed E-state index contributed by atoms with van der Waals surface area (Å²) < 4.78 is 0. The summed E-state index contributed by atoms with van der Waals surface area (Å²) in [5, 5.41) is 13.3. The molecule has 3 heteroatoms. The summed E-state index contributed by atoms with van der Waals surface area (Å²) in [5.41, 5.74) is 2.35. The quantitative estimate of drug-likeness (QED) is 0.731. The van der Waals surface area contributed by atoms with Gasteiger partial charge in [0.25, 0.3) is 0 Å². The van der Waals surface area contributed by atoms with Gasteiger partial charge >= 0.3 is 0 Å². The summed E-state index contributed by atoms with van der Waals surface area (Å²) in [4.78, 5) is 2.50. The highest BCUT2D eigenvalue weighted by atomic mass is 16.3. The molecule has 1 aromatic carbocycles. The second kappa shape index (κ2) is 3.56.